The first-order chi connectivity index (χ1) is 13.8. The largest absolute Gasteiger partial charge is 0.495 e. The smallest absolute Gasteiger partial charge is 0.271 e. The molecule has 1 unspecified atom stereocenters. The van der Waals surface area contributed by atoms with Gasteiger partial charge in [0.1, 0.15) is 5.75 Å². The van der Waals surface area contributed by atoms with Gasteiger partial charge in [-0.3, -0.25) is 19.8 Å². The van der Waals surface area contributed by atoms with E-state index in [1.165, 1.54) is 25.3 Å². The summed E-state index contributed by atoms with van der Waals surface area (Å²) in [5, 5.41) is 13.7. The summed E-state index contributed by atoms with van der Waals surface area (Å²) < 4.78 is 15.9. The van der Waals surface area contributed by atoms with Gasteiger partial charge in [0.2, 0.25) is 5.91 Å². The van der Waals surface area contributed by atoms with Crippen LogP contribution in [0.5, 0.6) is 17.2 Å². The molecule has 9 nitrogen and oxygen atoms in total. The first-order valence-corrected chi connectivity index (χ1v) is 8.85. The highest BCUT2D eigenvalue weighted by Gasteiger charge is 2.22. The van der Waals surface area contributed by atoms with Gasteiger partial charge in [-0.25, -0.2) is 0 Å². The third kappa shape index (κ3) is 5.14. The van der Waals surface area contributed by atoms with Crippen molar-refractivity contribution in [3.8, 4) is 17.2 Å². The quantitative estimate of drug-likeness (QED) is 0.507. The number of non-ortho nitro benzene ring substituents is 1. The van der Waals surface area contributed by atoms with Crippen molar-refractivity contribution in [3.63, 3.8) is 0 Å². The lowest BCUT2D eigenvalue weighted by Gasteiger charge is -2.25. The Hall–Kier alpha value is -3.33. The first-order valence-electron chi connectivity index (χ1n) is 8.85. The summed E-state index contributed by atoms with van der Waals surface area (Å²) in [6.07, 6.45) is 0. The minimum atomic E-state index is -0.533. The summed E-state index contributed by atoms with van der Waals surface area (Å²) in [5.74, 6) is 1.23. The number of hydrogen-bond donors (Lipinski definition) is 1. The molecule has 0 aliphatic carbocycles. The molecule has 1 amide bonds. The SMILES string of the molecule is COc1ccc([N+](=O)[O-])cc1NC(=O)C(C)N(C)Cc1cccc(OC)c1OC. The maximum Gasteiger partial charge on any atom is 0.271 e. The third-order valence-corrected chi connectivity index (χ3v) is 4.60. The van der Waals surface area contributed by atoms with Gasteiger partial charge in [0.15, 0.2) is 11.5 Å². The second-order valence-electron chi connectivity index (χ2n) is 6.37. The number of hydrogen-bond acceptors (Lipinski definition) is 7. The van der Waals surface area contributed by atoms with E-state index in [1.807, 2.05) is 17.0 Å². The van der Waals surface area contributed by atoms with Crippen molar-refractivity contribution >= 4 is 17.3 Å². The number of nitro benzene ring substituents is 1. The van der Waals surface area contributed by atoms with E-state index >= 15 is 0 Å². The minimum absolute atomic E-state index is 0.136. The number of amides is 1. The van der Waals surface area contributed by atoms with E-state index in [-0.39, 0.29) is 17.3 Å². The van der Waals surface area contributed by atoms with Gasteiger partial charge >= 0.3 is 0 Å². The van der Waals surface area contributed by atoms with E-state index in [9.17, 15) is 14.9 Å². The van der Waals surface area contributed by atoms with Gasteiger partial charge in [-0.15, -0.1) is 0 Å². The highest BCUT2D eigenvalue weighted by molar-refractivity contribution is 5.96. The number of carbonyl (C=O) groups excluding carboxylic acids is 1. The van der Waals surface area contributed by atoms with Crippen LogP contribution in [0.15, 0.2) is 36.4 Å². The summed E-state index contributed by atoms with van der Waals surface area (Å²) in [6, 6.07) is 9.05. The number of carbonyl (C=O) groups is 1. The van der Waals surface area contributed by atoms with Crippen molar-refractivity contribution in [2.75, 3.05) is 33.7 Å². The van der Waals surface area contributed by atoms with Gasteiger partial charge in [0.25, 0.3) is 5.69 Å². The fourth-order valence-corrected chi connectivity index (χ4v) is 2.83. The predicted molar refractivity (Wildman–Crippen MR) is 109 cm³/mol. The number of likely N-dealkylation sites (N-methyl/N-ethyl adjacent to an activating group) is 1. The average Bonchev–Trinajstić information content (AvgIpc) is 2.72. The van der Waals surface area contributed by atoms with E-state index in [4.69, 9.17) is 14.2 Å². The van der Waals surface area contributed by atoms with Crippen LogP contribution in [0, 0.1) is 10.1 Å². The van der Waals surface area contributed by atoms with Crippen LogP contribution >= 0.6 is 0 Å². The standard InChI is InChI=1S/C20H25N3O6/c1-13(22(2)12-14-7-6-8-18(28-4)19(14)29-5)20(24)21-16-11-15(23(25)26)9-10-17(16)27-3/h6-11,13H,12H2,1-5H3,(H,21,24). The number of methoxy groups -OCH3 is 3. The van der Waals surface area contributed by atoms with Crippen LogP contribution in [0.4, 0.5) is 11.4 Å². The van der Waals surface area contributed by atoms with Gasteiger partial charge in [-0.1, -0.05) is 12.1 Å². The lowest BCUT2D eigenvalue weighted by Crippen LogP contribution is -2.39. The van der Waals surface area contributed by atoms with Gasteiger partial charge in [0, 0.05) is 24.2 Å². The second kappa shape index (κ2) is 9.74. The molecule has 0 heterocycles. The van der Waals surface area contributed by atoms with Gasteiger partial charge in [0.05, 0.1) is 38.0 Å². The molecule has 0 aromatic heterocycles. The van der Waals surface area contributed by atoms with Crippen molar-refractivity contribution in [3.05, 3.63) is 52.1 Å². The molecule has 0 aliphatic rings. The summed E-state index contributed by atoms with van der Waals surface area (Å²) in [5.41, 5.74) is 0.969. The molecule has 0 spiro atoms. The molecule has 2 rings (SSSR count). The molecule has 156 valence electrons. The highest BCUT2D eigenvalue weighted by atomic mass is 16.6. The van der Waals surface area contributed by atoms with Crippen molar-refractivity contribution in [2.24, 2.45) is 0 Å². The summed E-state index contributed by atoms with van der Waals surface area (Å²) >= 11 is 0. The summed E-state index contributed by atoms with van der Waals surface area (Å²) in [7, 11) is 6.36. The molecule has 0 radical (unpaired) electrons. The topological polar surface area (TPSA) is 103 Å². The molecule has 0 fully saturated rings. The number of nitrogens with zero attached hydrogens (tertiary/aromatic N) is 2. The Morgan fingerprint density at radius 2 is 1.83 bits per heavy atom. The number of rotatable bonds is 9. The lowest BCUT2D eigenvalue weighted by atomic mass is 10.1. The molecule has 2 aromatic rings. The summed E-state index contributed by atoms with van der Waals surface area (Å²) in [6.45, 7) is 2.17. The monoisotopic (exact) mass is 403 g/mol. The van der Waals surface area contributed by atoms with Crippen LogP contribution < -0.4 is 19.5 Å². The molecule has 0 bridgehead atoms. The van der Waals surface area contributed by atoms with Crippen LogP contribution in [0.2, 0.25) is 0 Å². The van der Waals surface area contributed by atoms with Crippen molar-refractivity contribution < 1.29 is 23.9 Å². The van der Waals surface area contributed by atoms with E-state index in [2.05, 4.69) is 5.32 Å². The van der Waals surface area contributed by atoms with Crippen molar-refractivity contribution in [1.29, 1.82) is 0 Å². The summed E-state index contributed by atoms with van der Waals surface area (Å²) in [4.78, 5) is 25.1. The van der Waals surface area contributed by atoms with Crippen molar-refractivity contribution in [2.45, 2.75) is 19.5 Å². The molecular formula is C20H25N3O6. The number of nitrogens with one attached hydrogen (secondary N) is 1. The van der Waals surface area contributed by atoms with Crippen LogP contribution in [0.3, 0.4) is 0 Å². The third-order valence-electron chi connectivity index (χ3n) is 4.60. The van der Waals surface area contributed by atoms with E-state index < -0.39 is 11.0 Å². The number of benzene rings is 2. The van der Waals surface area contributed by atoms with Crippen molar-refractivity contribution in [1.82, 2.24) is 4.90 Å². The zero-order chi connectivity index (χ0) is 21.6. The Morgan fingerprint density at radius 1 is 1.14 bits per heavy atom. The predicted octanol–water partition coefficient (Wildman–Crippen LogP) is 3.08. The number of anilines is 1. The maximum atomic E-state index is 12.7. The Labute approximate surface area is 169 Å². The van der Waals surface area contributed by atoms with E-state index in [0.29, 0.717) is 23.8 Å². The minimum Gasteiger partial charge on any atom is -0.495 e. The Kier molecular flexibility index (Phi) is 7.38. The molecule has 9 heteroatoms. The second-order valence-corrected chi connectivity index (χ2v) is 6.37. The Balaban J connectivity index is 2.17. The zero-order valence-corrected chi connectivity index (χ0v) is 17.1. The van der Waals surface area contributed by atoms with Crippen LogP contribution in [-0.2, 0) is 11.3 Å². The number of para-hydroxylation sites is 1. The van der Waals surface area contributed by atoms with E-state index in [1.54, 1.807) is 34.3 Å². The molecule has 0 saturated heterocycles. The zero-order valence-electron chi connectivity index (χ0n) is 17.1. The van der Waals surface area contributed by atoms with E-state index in [0.717, 1.165) is 5.56 Å². The Morgan fingerprint density at radius 3 is 2.41 bits per heavy atom. The maximum absolute atomic E-state index is 12.7. The van der Waals surface area contributed by atoms with Gasteiger partial charge < -0.3 is 19.5 Å². The van der Waals surface area contributed by atoms with Crippen LogP contribution in [0.1, 0.15) is 12.5 Å². The molecule has 1 N–H and O–H groups in total. The fraction of sp³-hybridized carbons (Fsp3) is 0.350. The number of ether oxygens (including phenoxy) is 3. The van der Waals surface area contributed by atoms with Crippen LogP contribution in [-0.4, -0.2) is 50.1 Å². The molecular weight excluding hydrogens is 378 g/mol. The average molecular weight is 403 g/mol. The molecule has 0 saturated carbocycles. The van der Waals surface area contributed by atoms with Gasteiger partial charge in [-0.2, -0.15) is 0 Å². The molecule has 0 aliphatic heterocycles. The number of nitro groups is 1. The highest BCUT2D eigenvalue weighted by Crippen LogP contribution is 2.32. The van der Waals surface area contributed by atoms with Gasteiger partial charge in [-0.05, 0) is 26.1 Å². The molecule has 1 atom stereocenters. The first kappa shape index (κ1) is 22.0. The molecule has 2 aromatic carbocycles. The fourth-order valence-electron chi connectivity index (χ4n) is 2.83. The Bertz CT molecular complexity index is 887. The molecule has 29 heavy (non-hydrogen) atoms. The van der Waals surface area contributed by atoms with Crippen LogP contribution in [0.25, 0.3) is 0 Å². The normalized spacial score (nSPS) is 11.7. The lowest BCUT2D eigenvalue weighted by molar-refractivity contribution is -0.384.